The Morgan fingerprint density at radius 3 is 2.23 bits per heavy atom. The molecule has 2 aliphatic heterocycles. The van der Waals surface area contributed by atoms with E-state index in [0.29, 0.717) is 11.4 Å². The molecule has 0 spiro atoms. The van der Waals surface area contributed by atoms with Crippen molar-refractivity contribution in [2.24, 2.45) is 0 Å². The van der Waals surface area contributed by atoms with Gasteiger partial charge in [-0.15, -0.1) is 0 Å². The molecule has 3 aromatic carbocycles. The van der Waals surface area contributed by atoms with Crippen molar-refractivity contribution >= 4 is 23.5 Å². The average molecular weight is 529 g/mol. The number of piperidine rings is 1. The minimum Gasteiger partial charge on any atom is -0.497 e. The zero-order valence-electron chi connectivity index (χ0n) is 22.2. The Morgan fingerprint density at radius 1 is 0.923 bits per heavy atom. The van der Waals surface area contributed by atoms with E-state index in [1.165, 1.54) is 5.56 Å². The molecule has 5 rings (SSSR count). The molecule has 2 saturated heterocycles. The summed E-state index contributed by atoms with van der Waals surface area (Å²) in [5.74, 6) is -2.05. The number of hydrogen-bond acceptors (Lipinski definition) is 7. The van der Waals surface area contributed by atoms with E-state index in [0.717, 1.165) is 49.2 Å². The number of hydrogen-bond donors (Lipinski definition) is 0. The van der Waals surface area contributed by atoms with Gasteiger partial charge in [0.2, 0.25) is 0 Å². The Kier molecular flexibility index (Phi) is 7.93. The molecule has 0 unspecified atom stereocenters. The van der Waals surface area contributed by atoms with Crippen LogP contribution < -0.4 is 9.64 Å². The number of esters is 2. The third kappa shape index (κ3) is 6.12. The number of methoxy groups -OCH3 is 1. The first-order valence-electron chi connectivity index (χ1n) is 13.1. The van der Waals surface area contributed by atoms with Crippen molar-refractivity contribution in [1.29, 1.82) is 0 Å². The fourth-order valence-corrected chi connectivity index (χ4v) is 5.18. The summed E-state index contributed by atoms with van der Waals surface area (Å²) in [5, 5.41) is 0. The average Bonchev–Trinajstić information content (AvgIpc) is 3.31. The van der Waals surface area contributed by atoms with E-state index < -0.39 is 24.1 Å². The molecule has 0 saturated carbocycles. The third-order valence-electron chi connectivity index (χ3n) is 7.33. The number of nitrogens with zero attached hydrogens (tertiary/aromatic N) is 2. The first-order valence-corrected chi connectivity index (χ1v) is 13.1. The first kappa shape index (κ1) is 26.4. The summed E-state index contributed by atoms with van der Waals surface area (Å²) in [6, 6.07) is 23.9. The lowest BCUT2D eigenvalue weighted by molar-refractivity contribution is -0.155. The van der Waals surface area contributed by atoms with E-state index in [9.17, 15) is 14.4 Å². The normalized spacial score (nSPS) is 16.6. The largest absolute Gasteiger partial charge is 0.497 e. The number of benzene rings is 3. The molecule has 3 aromatic rings. The number of carbonyl (C=O) groups is 3. The van der Waals surface area contributed by atoms with Crippen molar-refractivity contribution in [1.82, 2.24) is 4.90 Å². The molecule has 8 heteroatoms. The molecule has 39 heavy (non-hydrogen) atoms. The van der Waals surface area contributed by atoms with Crippen LogP contribution in [0.4, 0.5) is 5.69 Å². The minimum absolute atomic E-state index is 0.184. The lowest BCUT2D eigenvalue weighted by Gasteiger charge is -2.35. The molecule has 0 bridgehead atoms. The van der Waals surface area contributed by atoms with Crippen LogP contribution in [-0.2, 0) is 36.9 Å². The Balaban J connectivity index is 1.43. The molecular formula is C31H32N2O6. The van der Waals surface area contributed by atoms with Crippen LogP contribution in [0.3, 0.4) is 0 Å². The molecule has 0 atom stereocenters. The number of amides is 1. The fourth-order valence-electron chi connectivity index (χ4n) is 5.18. The van der Waals surface area contributed by atoms with E-state index in [1.54, 1.807) is 12.0 Å². The quantitative estimate of drug-likeness (QED) is 0.318. The standard InChI is InChI=1S/C31H32N2O6/c1-21-8-10-23(11-9-21)20-33(28(34)31-38-29(35)30(36)39-31)27-13-12-25(37-2)18-26(27)24-14-16-32(17-15-24)19-22-6-4-3-5-7-22/h3-13,18,24,31H,14-17,19-20H2,1-2H3. The molecule has 8 nitrogen and oxygen atoms in total. The molecule has 0 aliphatic carbocycles. The number of aryl methyl sites for hydroxylation is 1. The molecule has 0 N–H and O–H groups in total. The Morgan fingerprint density at radius 2 is 1.59 bits per heavy atom. The smallest absolute Gasteiger partial charge is 0.421 e. The van der Waals surface area contributed by atoms with E-state index in [1.807, 2.05) is 55.5 Å². The zero-order valence-corrected chi connectivity index (χ0v) is 22.2. The maximum absolute atomic E-state index is 13.7. The highest BCUT2D eigenvalue weighted by Crippen LogP contribution is 2.38. The summed E-state index contributed by atoms with van der Waals surface area (Å²) in [4.78, 5) is 41.1. The maximum Gasteiger partial charge on any atom is 0.421 e. The summed E-state index contributed by atoms with van der Waals surface area (Å²) in [7, 11) is 1.62. The van der Waals surface area contributed by atoms with Gasteiger partial charge in [0.15, 0.2) is 0 Å². The Labute approximate surface area is 228 Å². The zero-order chi connectivity index (χ0) is 27.4. The summed E-state index contributed by atoms with van der Waals surface area (Å²) in [6.45, 7) is 4.95. The molecule has 2 fully saturated rings. The van der Waals surface area contributed by atoms with E-state index >= 15 is 0 Å². The van der Waals surface area contributed by atoms with Crippen molar-refractivity contribution in [2.45, 2.75) is 45.1 Å². The second kappa shape index (κ2) is 11.7. The van der Waals surface area contributed by atoms with Gasteiger partial charge in [-0.25, -0.2) is 9.59 Å². The fraction of sp³-hybridized carbons (Fsp3) is 0.323. The predicted molar refractivity (Wildman–Crippen MR) is 145 cm³/mol. The van der Waals surface area contributed by atoms with Crippen molar-refractivity contribution in [2.75, 3.05) is 25.1 Å². The van der Waals surface area contributed by atoms with Crippen LogP contribution in [0.5, 0.6) is 5.75 Å². The van der Waals surface area contributed by atoms with Crippen LogP contribution in [0.15, 0.2) is 72.8 Å². The number of anilines is 1. The van der Waals surface area contributed by atoms with Gasteiger partial charge in [0.1, 0.15) is 5.75 Å². The lowest BCUT2D eigenvalue weighted by Crippen LogP contribution is -2.40. The van der Waals surface area contributed by atoms with Gasteiger partial charge in [0.25, 0.3) is 0 Å². The number of carbonyl (C=O) groups excluding carboxylic acids is 3. The van der Waals surface area contributed by atoms with Gasteiger partial charge in [0, 0.05) is 12.2 Å². The van der Waals surface area contributed by atoms with Crippen LogP contribution >= 0.6 is 0 Å². The maximum atomic E-state index is 13.7. The topological polar surface area (TPSA) is 85.4 Å². The van der Waals surface area contributed by atoms with Gasteiger partial charge >= 0.3 is 24.1 Å². The van der Waals surface area contributed by atoms with Gasteiger partial charge in [-0.05, 0) is 73.7 Å². The van der Waals surface area contributed by atoms with Crippen molar-refractivity contribution in [3.8, 4) is 5.75 Å². The molecule has 0 radical (unpaired) electrons. The molecule has 1 amide bonds. The van der Waals surface area contributed by atoms with E-state index in [4.69, 9.17) is 14.2 Å². The third-order valence-corrected chi connectivity index (χ3v) is 7.33. The lowest BCUT2D eigenvalue weighted by atomic mass is 9.87. The number of cyclic esters (lactones) is 2. The highest BCUT2D eigenvalue weighted by atomic mass is 16.8. The van der Waals surface area contributed by atoms with Gasteiger partial charge in [-0.1, -0.05) is 60.2 Å². The number of likely N-dealkylation sites (tertiary alicyclic amines) is 1. The highest BCUT2D eigenvalue weighted by molar-refractivity contribution is 6.32. The molecule has 202 valence electrons. The van der Waals surface area contributed by atoms with Crippen LogP contribution in [0.2, 0.25) is 0 Å². The minimum atomic E-state index is -1.61. The Bertz CT molecular complexity index is 1320. The second-order valence-corrected chi connectivity index (χ2v) is 10.0. The molecule has 2 heterocycles. The molecule has 2 aliphatic rings. The highest BCUT2D eigenvalue weighted by Gasteiger charge is 2.42. The van der Waals surface area contributed by atoms with E-state index in [-0.39, 0.29) is 12.5 Å². The number of ether oxygens (including phenoxy) is 3. The van der Waals surface area contributed by atoms with Crippen molar-refractivity contribution < 1.29 is 28.6 Å². The van der Waals surface area contributed by atoms with Gasteiger partial charge < -0.3 is 19.1 Å². The van der Waals surface area contributed by atoms with Crippen LogP contribution in [0.1, 0.15) is 41.0 Å². The Hall–Kier alpha value is -4.17. The van der Waals surface area contributed by atoms with E-state index in [2.05, 4.69) is 29.2 Å². The summed E-state index contributed by atoms with van der Waals surface area (Å²) >= 11 is 0. The van der Waals surface area contributed by atoms with Crippen molar-refractivity contribution in [3.63, 3.8) is 0 Å². The monoisotopic (exact) mass is 528 g/mol. The molecular weight excluding hydrogens is 496 g/mol. The van der Waals surface area contributed by atoms with Crippen LogP contribution in [-0.4, -0.2) is 49.2 Å². The summed E-state index contributed by atoms with van der Waals surface area (Å²) < 4.78 is 15.5. The number of rotatable bonds is 8. The second-order valence-electron chi connectivity index (χ2n) is 10.0. The van der Waals surface area contributed by atoms with Crippen LogP contribution in [0, 0.1) is 6.92 Å². The summed E-state index contributed by atoms with van der Waals surface area (Å²) in [5.41, 5.74) is 4.94. The predicted octanol–water partition coefficient (Wildman–Crippen LogP) is 4.34. The van der Waals surface area contributed by atoms with Gasteiger partial charge in [-0.2, -0.15) is 0 Å². The molecule has 0 aromatic heterocycles. The van der Waals surface area contributed by atoms with Gasteiger partial charge in [0.05, 0.1) is 13.7 Å². The van der Waals surface area contributed by atoms with Crippen LogP contribution in [0.25, 0.3) is 0 Å². The van der Waals surface area contributed by atoms with Gasteiger partial charge in [-0.3, -0.25) is 9.69 Å². The van der Waals surface area contributed by atoms with Crippen molar-refractivity contribution in [3.05, 3.63) is 95.1 Å². The first-order chi connectivity index (χ1) is 18.9. The summed E-state index contributed by atoms with van der Waals surface area (Å²) in [6.07, 6.45) is 0.207. The SMILES string of the molecule is COc1ccc(N(Cc2ccc(C)cc2)C(=O)C2OC(=O)C(=O)O2)c(C2CCN(Cc3ccccc3)CC2)c1.